The molecule has 1 aliphatic rings. The van der Waals surface area contributed by atoms with E-state index < -0.39 is 21.8 Å². The third-order valence-electron chi connectivity index (χ3n) is 5.04. The number of hydrogen-bond donors (Lipinski definition) is 0. The van der Waals surface area contributed by atoms with Crippen LogP contribution in [0.4, 0.5) is 0 Å². The van der Waals surface area contributed by atoms with Gasteiger partial charge in [-0.1, -0.05) is 17.7 Å². The minimum Gasteiger partial charge on any atom is -0.451 e. The Labute approximate surface area is 176 Å². The number of amides is 1. The van der Waals surface area contributed by atoms with E-state index in [9.17, 15) is 18.0 Å². The molecule has 9 heteroatoms. The fraction of sp³-hybridized carbons (Fsp3) is 0.300. The van der Waals surface area contributed by atoms with Crippen LogP contribution in [0.1, 0.15) is 27.4 Å². The van der Waals surface area contributed by atoms with Crippen LogP contribution in [0.15, 0.2) is 44.9 Å². The lowest BCUT2D eigenvalue weighted by Crippen LogP contribution is -2.40. The van der Waals surface area contributed by atoms with Gasteiger partial charge in [0.1, 0.15) is 5.58 Å². The van der Waals surface area contributed by atoms with Gasteiger partial charge < -0.3 is 9.32 Å². The Morgan fingerprint density at radius 3 is 2.79 bits per heavy atom. The van der Waals surface area contributed by atoms with Crippen LogP contribution >= 0.6 is 22.9 Å². The molecule has 0 N–H and O–H groups in total. The van der Waals surface area contributed by atoms with Crippen LogP contribution in [0.2, 0.25) is 5.02 Å². The molecule has 1 atom stereocenters. The molecule has 1 amide bonds. The number of carbonyl (C=O) groups excluding carboxylic acids is 1. The van der Waals surface area contributed by atoms with Crippen molar-refractivity contribution in [3.63, 3.8) is 0 Å². The average Bonchev–Trinajstić information content (AvgIpc) is 3.29. The smallest absolute Gasteiger partial charge is 0.290 e. The molecule has 0 unspecified atom stereocenters. The molecule has 29 heavy (non-hydrogen) atoms. The normalized spacial score (nSPS) is 18.2. The second kappa shape index (κ2) is 7.59. The highest BCUT2D eigenvalue weighted by Gasteiger charge is 2.36. The van der Waals surface area contributed by atoms with Crippen molar-refractivity contribution in [3.8, 4) is 0 Å². The van der Waals surface area contributed by atoms with Crippen molar-refractivity contribution in [1.82, 2.24) is 4.90 Å². The minimum atomic E-state index is -3.19. The summed E-state index contributed by atoms with van der Waals surface area (Å²) in [5.74, 6) is -0.640. The molecular weight excluding hydrogens is 434 g/mol. The van der Waals surface area contributed by atoms with Crippen LogP contribution in [-0.4, -0.2) is 36.8 Å². The number of aryl methyl sites for hydroxylation is 1. The molecule has 2 aromatic heterocycles. The largest absolute Gasteiger partial charge is 0.451 e. The summed E-state index contributed by atoms with van der Waals surface area (Å²) in [6.45, 7) is 2.04. The maximum absolute atomic E-state index is 13.3. The Hall–Kier alpha value is -2.16. The second-order valence-corrected chi connectivity index (χ2v) is 10.8. The Morgan fingerprint density at radius 2 is 2.14 bits per heavy atom. The number of carbonyl (C=O) groups is 1. The summed E-state index contributed by atoms with van der Waals surface area (Å²) in [6.07, 6.45) is 0.367. The molecule has 3 aromatic rings. The van der Waals surface area contributed by atoms with Crippen LogP contribution in [-0.2, 0) is 16.4 Å². The standard InChI is InChI=1S/C20H18ClNO5S2/c1-12-7-18-15(8-16(12)21)17(23)9-19(27-18)20(24)22(10-14-3-2-5-28-14)13-4-6-29(25,26)11-13/h2-3,5,7-9,13H,4,6,10-11H2,1H3/t13-/m0/s1. The van der Waals surface area contributed by atoms with Gasteiger partial charge in [0.2, 0.25) is 0 Å². The fourth-order valence-electron chi connectivity index (χ4n) is 3.48. The number of nitrogens with zero attached hydrogens (tertiary/aromatic N) is 1. The number of fused-ring (bicyclic) bond motifs is 1. The average molecular weight is 452 g/mol. The molecule has 3 heterocycles. The summed E-state index contributed by atoms with van der Waals surface area (Å²) in [5.41, 5.74) is 0.633. The van der Waals surface area contributed by atoms with Crippen LogP contribution in [0, 0.1) is 6.92 Å². The van der Waals surface area contributed by atoms with Gasteiger partial charge in [0.05, 0.1) is 23.4 Å². The van der Waals surface area contributed by atoms with Gasteiger partial charge in [-0.3, -0.25) is 9.59 Å². The first kappa shape index (κ1) is 20.1. The number of halogens is 1. The van der Waals surface area contributed by atoms with E-state index >= 15 is 0 Å². The first-order valence-electron chi connectivity index (χ1n) is 9.01. The minimum absolute atomic E-state index is 0.0469. The molecule has 152 valence electrons. The quantitative estimate of drug-likeness (QED) is 0.604. The Balaban J connectivity index is 1.75. The number of rotatable bonds is 4. The third-order valence-corrected chi connectivity index (χ3v) is 8.05. The lowest BCUT2D eigenvalue weighted by molar-refractivity contribution is 0.0651. The van der Waals surface area contributed by atoms with E-state index in [1.54, 1.807) is 13.0 Å². The molecule has 1 aromatic carbocycles. The lowest BCUT2D eigenvalue weighted by Gasteiger charge is -2.27. The van der Waals surface area contributed by atoms with Crippen molar-refractivity contribution in [2.75, 3.05) is 11.5 Å². The molecule has 1 fully saturated rings. The van der Waals surface area contributed by atoms with Crippen molar-refractivity contribution >= 4 is 49.7 Å². The molecule has 4 rings (SSSR count). The molecular formula is C20H18ClNO5S2. The van der Waals surface area contributed by atoms with Gasteiger partial charge >= 0.3 is 0 Å². The topological polar surface area (TPSA) is 84.7 Å². The van der Waals surface area contributed by atoms with E-state index in [1.807, 2.05) is 17.5 Å². The summed E-state index contributed by atoms with van der Waals surface area (Å²) in [6, 6.07) is 7.61. The molecule has 6 nitrogen and oxygen atoms in total. The summed E-state index contributed by atoms with van der Waals surface area (Å²) >= 11 is 7.57. The molecule has 0 spiro atoms. The molecule has 0 bridgehead atoms. The van der Waals surface area contributed by atoms with E-state index in [4.69, 9.17) is 16.0 Å². The summed E-state index contributed by atoms with van der Waals surface area (Å²) in [7, 11) is -3.19. The van der Waals surface area contributed by atoms with Crippen molar-refractivity contribution < 1.29 is 17.6 Å². The van der Waals surface area contributed by atoms with E-state index in [1.165, 1.54) is 22.3 Å². The number of hydrogen-bond acceptors (Lipinski definition) is 6. The lowest BCUT2D eigenvalue weighted by atomic mass is 10.1. The zero-order valence-corrected chi connectivity index (χ0v) is 17.9. The maximum atomic E-state index is 13.3. The van der Waals surface area contributed by atoms with Crippen LogP contribution < -0.4 is 5.43 Å². The van der Waals surface area contributed by atoms with E-state index in [2.05, 4.69) is 0 Å². The maximum Gasteiger partial charge on any atom is 0.290 e. The molecule has 0 saturated carbocycles. The number of benzene rings is 1. The highest BCUT2D eigenvalue weighted by atomic mass is 35.5. The highest BCUT2D eigenvalue weighted by molar-refractivity contribution is 7.91. The molecule has 1 saturated heterocycles. The zero-order chi connectivity index (χ0) is 20.8. The summed E-state index contributed by atoms with van der Waals surface area (Å²) in [4.78, 5) is 28.3. The van der Waals surface area contributed by atoms with Gasteiger partial charge in [-0.15, -0.1) is 11.3 Å². The Kier molecular flexibility index (Phi) is 5.27. The third kappa shape index (κ3) is 4.10. The van der Waals surface area contributed by atoms with Gasteiger partial charge in [-0.05, 0) is 42.5 Å². The zero-order valence-electron chi connectivity index (χ0n) is 15.6. The second-order valence-electron chi connectivity index (χ2n) is 7.14. The SMILES string of the molecule is Cc1cc2oc(C(=O)N(Cc3cccs3)[C@H]3CCS(=O)(=O)C3)cc(=O)c2cc1Cl. The predicted octanol–water partition coefficient (Wildman–Crippen LogP) is 3.65. The highest BCUT2D eigenvalue weighted by Crippen LogP contribution is 2.26. The Morgan fingerprint density at radius 1 is 1.34 bits per heavy atom. The Bertz CT molecular complexity index is 1250. The fourth-order valence-corrected chi connectivity index (χ4v) is 6.08. The molecule has 0 radical (unpaired) electrons. The number of sulfone groups is 1. The van der Waals surface area contributed by atoms with Crippen molar-refractivity contribution in [1.29, 1.82) is 0 Å². The first-order chi connectivity index (χ1) is 13.7. The van der Waals surface area contributed by atoms with Crippen LogP contribution in [0.5, 0.6) is 0 Å². The van der Waals surface area contributed by atoms with Crippen LogP contribution in [0.3, 0.4) is 0 Å². The van der Waals surface area contributed by atoms with Gasteiger partial charge in [-0.2, -0.15) is 0 Å². The van der Waals surface area contributed by atoms with Crippen molar-refractivity contribution in [2.45, 2.75) is 25.9 Å². The van der Waals surface area contributed by atoms with Gasteiger partial charge in [0.25, 0.3) is 5.91 Å². The monoisotopic (exact) mass is 451 g/mol. The van der Waals surface area contributed by atoms with Crippen LogP contribution in [0.25, 0.3) is 11.0 Å². The predicted molar refractivity (Wildman–Crippen MR) is 113 cm³/mol. The van der Waals surface area contributed by atoms with E-state index in [0.29, 0.717) is 16.8 Å². The van der Waals surface area contributed by atoms with Gasteiger partial charge in [0, 0.05) is 22.0 Å². The van der Waals surface area contributed by atoms with E-state index in [-0.39, 0.29) is 34.8 Å². The number of thiophene rings is 1. The van der Waals surface area contributed by atoms with E-state index in [0.717, 1.165) is 16.5 Å². The van der Waals surface area contributed by atoms with Crippen molar-refractivity contribution in [3.05, 3.63) is 67.2 Å². The molecule has 1 aliphatic heterocycles. The molecule has 0 aliphatic carbocycles. The summed E-state index contributed by atoms with van der Waals surface area (Å²) in [5, 5.41) is 2.64. The van der Waals surface area contributed by atoms with Gasteiger partial charge in [-0.25, -0.2) is 8.42 Å². The summed E-state index contributed by atoms with van der Waals surface area (Å²) < 4.78 is 29.7. The van der Waals surface area contributed by atoms with Gasteiger partial charge in [0.15, 0.2) is 21.0 Å². The van der Waals surface area contributed by atoms with Crippen molar-refractivity contribution in [2.24, 2.45) is 0 Å². The first-order valence-corrected chi connectivity index (χ1v) is 12.1.